The average molecular weight is 259 g/mol. The van der Waals surface area contributed by atoms with Gasteiger partial charge in [-0.1, -0.05) is 4.47 Å². The van der Waals surface area contributed by atoms with Crippen LogP contribution in [0, 0.1) is 19.7 Å². The number of hydrogen-bond acceptors (Lipinski definition) is 3. The Morgan fingerprint density at radius 1 is 1.29 bits per heavy atom. The maximum Gasteiger partial charge on any atom is 0.265 e. The molecule has 1 saturated heterocycles. The van der Waals surface area contributed by atoms with Gasteiger partial charge in [-0.3, -0.25) is 4.84 Å². The Hall–Kier alpha value is -0.980. The molecule has 17 heavy (non-hydrogen) atoms. The second-order valence-electron chi connectivity index (χ2n) is 4.09. The first-order valence-corrected chi connectivity index (χ1v) is 6.79. The Morgan fingerprint density at radius 2 is 1.88 bits per heavy atom. The lowest BCUT2D eigenvalue weighted by Crippen LogP contribution is -2.28. The third-order valence-electron chi connectivity index (χ3n) is 2.67. The number of benzene rings is 1. The lowest BCUT2D eigenvalue weighted by molar-refractivity contribution is -0.0285. The number of hydrogen-bond donors (Lipinski definition) is 0. The SMILES string of the molecule is Cc1cc(F)cc(C)c1S(=O)(=O)N1CCCO1. The van der Waals surface area contributed by atoms with Gasteiger partial charge in [0.05, 0.1) is 11.5 Å². The molecule has 6 heteroatoms. The Kier molecular flexibility index (Phi) is 3.20. The quantitative estimate of drug-likeness (QED) is 0.813. The first-order chi connectivity index (χ1) is 7.93. The van der Waals surface area contributed by atoms with Crippen molar-refractivity contribution in [1.29, 1.82) is 0 Å². The summed E-state index contributed by atoms with van der Waals surface area (Å²) in [5.74, 6) is -0.429. The predicted molar refractivity (Wildman–Crippen MR) is 60.3 cm³/mol. The van der Waals surface area contributed by atoms with E-state index in [1.807, 2.05) is 0 Å². The number of nitrogens with zero attached hydrogens (tertiary/aromatic N) is 1. The second-order valence-corrected chi connectivity index (χ2v) is 5.85. The van der Waals surface area contributed by atoms with Crippen LogP contribution in [0.25, 0.3) is 0 Å². The molecule has 1 aromatic rings. The van der Waals surface area contributed by atoms with Crippen LogP contribution in [0.15, 0.2) is 17.0 Å². The van der Waals surface area contributed by atoms with Crippen LogP contribution in [0.1, 0.15) is 17.5 Å². The van der Waals surface area contributed by atoms with E-state index >= 15 is 0 Å². The second kappa shape index (κ2) is 4.36. The van der Waals surface area contributed by atoms with Gasteiger partial charge in [0.2, 0.25) is 0 Å². The van der Waals surface area contributed by atoms with E-state index in [0.717, 1.165) is 4.47 Å². The van der Waals surface area contributed by atoms with Crippen LogP contribution >= 0.6 is 0 Å². The monoisotopic (exact) mass is 259 g/mol. The van der Waals surface area contributed by atoms with Crippen molar-refractivity contribution in [2.24, 2.45) is 0 Å². The maximum atomic E-state index is 13.1. The van der Waals surface area contributed by atoms with Crippen molar-refractivity contribution in [2.45, 2.75) is 25.2 Å². The molecule has 0 atom stereocenters. The fourth-order valence-corrected chi connectivity index (χ4v) is 3.74. The summed E-state index contributed by atoms with van der Waals surface area (Å²) >= 11 is 0. The highest BCUT2D eigenvalue weighted by Gasteiger charge is 2.31. The number of sulfonamides is 1. The molecule has 0 aromatic heterocycles. The van der Waals surface area contributed by atoms with Gasteiger partial charge >= 0.3 is 0 Å². The molecule has 0 radical (unpaired) electrons. The van der Waals surface area contributed by atoms with Crippen molar-refractivity contribution in [1.82, 2.24) is 4.47 Å². The normalized spacial score (nSPS) is 17.6. The Bertz CT molecular complexity index is 513. The van der Waals surface area contributed by atoms with E-state index in [1.54, 1.807) is 13.8 Å². The van der Waals surface area contributed by atoms with Gasteiger partial charge in [0.1, 0.15) is 5.82 Å². The molecule has 4 nitrogen and oxygen atoms in total. The Balaban J connectivity index is 2.53. The largest absolute Gasteiger partial charge is 0.284 e. The minimum atomic E-state index is -3.67. The van der Waals surface area contributed by atoms with Crippen LogP contribution in [0.5, 0.6) is 0 Å². The van der Waals surface area contributed by atoms with Gasteiger partial charge in [0.15, 0.2) is 0 Å². The molecule has 0 N–H and O–H groups in total. The van der Waals surface area contributed by atoms with Gasteiger partial charge in [-0.2, -0.15) is 0 Å². The lowest BCUT2D eigenvalue weighted by atomic mass is 10.1. The van der Waals surface area contributed by atoms with Gasteiger partial charge < -0.3 is 0 Å². The summed E-state index contributed by atoms with van der Waals surface area (Å²) in [6.07, 6.45) is 0.679. The standard InChI is InChI=1S/C11H14FNO3S/c1-8-6-10(12)7-9(2)11(8)17(14,15)13-4-3-5-16-13/h6-7H,3-5H2,1-2H3. The number of hydroxylamine groups is 1. The topological polar surface area (TPSA) is 46.6 Å². The van der Waals surface area contributed by atoms with Crippen molar-refractivity contribution < 1.29 is 17.6 Å². The van der Waals surface area contributed by atoms with E-state index in [9.17, 15) is 12.8 Å². The summed E-state index contributed by atoms with van der Waals surface area (Å²) in [5, 5.41) is 0. The molecule has 0 spiro atoms. The molecular weight excluding hydrogens is 245 g/mol. The van der Waals surface area contributed by atoms with Crippen LogP contribution in [0.4, 0.5) is 4.39 Å². The molecule has 0 aliphatic carbocycles. The first kappa shape index (κ1) is 12.5. The van der Waals surface area contributed by atoms with Crippen LogP contribution in [-0.2, 0) is 14.9 Å². The molecule has 94 valence electrons. The van der Waals surface area contributed by atoms with E-state index < -0.39 is 15.8 Å². The fraction of sp³-hybridized carbons (Fsp3) is 0.455. The zero-order valence-electron chi connectivity index (χ0n) is 9.73. The molecule has 0 amide bonds. The lowest BCUT2D eigenvalue weighted by Gasteiger charge is -2.17. The van der Waals surface area contributed by atoms with Gasteiger partial charge in [-0.05, 0) is 43.5 Å². The van der Waals surface area contributed by atoms with Crippen molar-refractivity contribution in [3.63, 3.8) is 0 Å². The van der Waals surface area contributed by atoms with Crippen molar-refractivity contribution >= 4 is 10.0 Å². The first-order valence-electron chi connectivity index (χ1n) is 5.35. The number of rotatable bonds is 2. The number of halogens is 1. The summed E-state index contributed by atoms with van der Waals surface area (Å²) in [6, 6.07) is 2.44. The van der Waals surface area contributed by atoms with Gasteiger partial charge in [0.25, 0.3) is 10.0 Å². The molecule has 0 saturated carbocycles. The zero-order valence-corrected chi connectivity index (χ0v) is 10.6. The predicted octanol–water partition coefficient (Wildman–Crippen LogP) is 1.77. The third-order valence-corrected chi connectivity index (χ3v) is 4.66. The van der Waals surface area contributed by atoms with E-state index in [2.05, 4.69) is 0 Å². The molecule has 1 aliphatic rings. The summed E-state index contributed by atoms with van der Waals surface area (Å²) in [6.45, 7) is 3.91. The minimum Gasteiger partial charge on any atom is -0.284 e. The maximum absolute atomic E-state index is 13.1. The van der Waals surface area contributed by atoms with Crippen LogP contribution in [0.3, 0.4) is 0 Å². The van der Waals surface area contributed by atoms with Gasteiger partial charge in [-0.25, -0.2) is 12.8 Å². The van der Waals surface area contributed by atoms with Gasteiger partial charge in [0, 0.05) is 6.54 Å². The van der Waals surface area contributed by atoms with E-state index in [4.69, 9.17) is 4.84 Å². The fourth-order valence-electron chi connectivity index (χ4n) is 2.02. The molecule has 2 rings (SSSR count). The Labute approximate surface area is 100 Å². The highest BCUT2D eigenvalue weighted by atomic mass is 32.2. The smallest absolute Gasteiger partial charge is 0.265 e. The van der Waals surface area contributed by atoms with Crippen molar-refractivity contribution in [2.75, 3.05) is 13.2 Å². The summed E-state index contributed by atoms with van der Waals surface area (Å²) in [4.78, 5) is 5.20. The zero-order chi connectivity index (χ0) is 12.6. The minimum absolute atomic E-state index is 0.140. The van der Waals surface area contributed by atoms with Crippen LogP contribution < -0.4 is 0 Å². The van der Waals surface area contributed by atoms with E-state index in [-0.39, 0.29) is 4.90 Å². The molecule has 1 aliphatic heterocycles. The van der Waals surface area contributed by atoms with E-state index in [0.29, 0.717) is 30.7 Å². The van der Waals surface area contributed by atoms with Crippen molar-refractivity contribution in [3.8, 4) is 0 Å². The highest BCUT2D eigenvalue weighted by molar-refractivity contribution is 7.89. The van der Waals surface area contributed by atoms with Crippen LogP contribution in [0.2, 0.25) is 0 Å². The summed E-state index contributed by atoms with van der Waals surface area (Å²) in [7, 11) is -3.67. The van der Waals surface area contributed by atoms with E-state index in [1.165, 1.54) is 12.1 Å². The van der Waals surface area contributed by atoms with Crippen molar-refractivity contribution in [3.05, 3.63) is 29.1 Å². The summed E-state index contributed by atoms with van der Waals surface area (Å²) < 4.78 is 38.7. The molecule has 0 unspecified atom stereocenters. The molecule has 1 heterocycles. The Morgan fingerprint density at radius 3 is 2.35 bits per heavy atom. The molecular formula is C11H14FNO3S. The molecule has 0 bridgehead atoms. The number of aryl methyl sites for hydroxylation is 2. The average Bonchev–Trinajstić information content (AvgIpc) is 2.67. The molecule has 1 aromatic carbocycles. The highest BCUT2D eigenvalue weighted by Crippen LogP contribution is 2.26. The van der Waals surface area contributed by atoms with Crippen LogP contribution in [-0.4, -0.2) is 26.0 Å². The van der Waals surface area contributed by atoms with Gasteiger partial charge in [-0.15, -0.1) is 0 Å². The third kappa shape index (κ3) is 2.20. The summed E-state index contributed by atoms with van der Waals surface area (Å²) in [5.41, 5.74) is 0.802. The molecule has 1 fully saturated rings.